The van der Waals surface area contributed by atoms with Gasteiger partial charge in [0, 0.05) is 5.56 Å². The molecule has 2 nitrogen and oxygen atoms in total. The first-order valence-electron chi connectivity index (χ1n) is 6.49. The Kier molecular flexibility index (Phi) is 3.87. The lowest BCUT2D eigenvalue weighted by Gasteiger charge is -2.19. The van der Waals surface area contributed by atoms with Crippen molar-refractivity contribution in [1.29, 1.82) is 0 Å². The molecule has 1 unspecified atom stereocenters. The van der Waals surface area contributed by atoms with Crippen molar-refractivity contribution in [2.75, 3.05) is 0 Å². The molecule has 0 aliphatic rings. The molecule has 0 aliphatic heterocycles. The number of ether oxygens (including phenoxy) is 1. The second-order valence-corrected chi connectivity index (χ2v) is 4.79. The topological polar surface area (TPSA) is 29.5 Å². The minimum absolute atomic E-state index is 0.106. The van der Waals surface area contributed by atoms with E-state index in [0.717, 1.165) is 22.1 Å². The molecule has 0 spiro atoms. The minimum Gasteiger partial charge on any atom is -0.491 e. The molecule has 18 heavy (non-hydrogen) atoms. The van der Waals surface area contributed by atoms with E-state index >= 15 is 0 Å². The molecule has 1 atom stereocenters. The van der Waals surface area contributed by atoms with Gasteiger partial charge in [0.25, 0.3) is 0 Å². The van der Waals surface area contributed by atoms with Gasteiger partial charge < -0.3 is 9.84 Å². The highest BCUT2D eigenvalue weighted by molar-refractivity contribution is 5.88. The fraction of sp³-hybridized carbons (Fsp3) is 0.375. The molecule has 0 amide bonds. The Morgan fingerprint density at radius 3 is 2.50 bits per heavy atom. The van der Waals surface area contributed by atoms with Gasteiger partial charge in [0.2, 0.25) is 0 Å². The lowest BCUT2D eigenvalue weighted by Crippen LogP contribution is -2.09. The summed E-state index contributed by atoms with van der Waals surface area (Å²) in [5, 5.41) is 12.5. The molecule has 1 N–H and O–H groups in total. The van der Waals surface area contributed by atoms with E-state index in [9.17, 15) is 5.11 Å². The average Bonchev–Trinajstić information content (AvgIpc) is 2.37. The Labute approximate surface area is 108 Å². The maximum absolute atomic E-state index is 10.2. The molecule has 0 aromatic heterocycles. The van der Waals surface area contributed by atoms with E-state index in [2.05, 4.69) is 6.07 Å². The van der Waals surface area contributed by atoms with Gasteiger partial charge in [-0.05, 0) is 37.1 Å². The normalized spacial score (nSPS) is 12.9. The molecular weight excluding hydrogens is 224 g/mol. The van der Waals surface area contributed by atoms with Crippen LogP contribution in [0, 0.1) is 0 Å². The zero-order valence-electron chi connectivity index (χ0n) is 11.2. The van der Waals surface area contributed by atoms with Crippen LogP contribution in [0.15, 0.2) is 36.4 Å². The van der Waals surface area contributed by atoms with E-state index in [-0.39, 0.29) is 6.10 Å². The van der Waals surface area contributed by atoms with Crippen molar-refractivity contribution < 1.29 is 9.84 Å². The lowest BCUT2D eigenvalue weighted by molar-refractivity contribution is 0.163. The Balaban J connectivity index is 2.63. The predicted molar refractivity (Wildman–Crippen MR) is 75.0 cm³/mol. The summed E-state index contributed by atoms with van der Waals surface area (Å²) < 4.78 is 5.82. The Bertz CT molecular complexity index is 532. The summed E-state index contributed by atoms with van der Waals surface area (Å²) in [5.41, 5.74) is 0.907. The molecule has 0 aliphatic carbocycles. The molecule has 0 saturated heterocycles. The van der Waals surface area contributed by atoms with Crippen molar-refractivity contribution in [3.8, 4) is 5.75 Å². The SMILES string of the molecule is CCC(O)c1c(OC(C)C)ccc2ccccc12. The van der Waals surface area contributed by atoms with Gasteiger partial charge in [-0.2, -0.15) is 0 Å². The number of rotatable bonds is 4. The first kappa shape index (κ1) is 12.9. The fourth-order valence-corrected chi connectivity index (χ4v) is 2.18. The zero-order valence-corrected chi connectivity index (χ0v) is 11.2. The Hall–Kier alpha value is -1.54. The summed E-state index contributed by atoms with van der Waals surface area (Å²) in [5.74, 6) is 0.790. The average molecular weight is 244 g/mol. The molecule has 0 bridgehead atoms. The van der Waals surface area contributed by atoms with Crippen molar-refractivity contribution in [3.05, 3.63) is 42.0 Å². The van der Waals surface area contributed by atoms with Crippen LogP contribution < -0.4 is 4.74 Å². The largest absolute Gasteiger partial charge is 0.491 e. The second kappa shape index (κ2) is 5.40. The number of benzene rings is 2. The molecule has 2 heteroatoms. The summed E-state index contributed by atoms with van der Waals surface area (Å²) >= 11 is 0. The standard InChI is InChI=1S/C16H20O2/c1-4-14(17)16-13-8-6-5-7-12(13)9-10-15(16)18-11(2)3/h5-11,14,17H,4H2,1-3H3. The summed E-state index contributed by atoms with van der Waals surface area (Å²) in [4.78, 5) is 0. The highest BCUT2D eigenvalue weighted by Crippen LogP contribution is 2.34. The van der Waals surface area contributed by atoms with Crippen LogP contribution in [-0.4, -0.2) is 11.2 Å². The molecule has 0 fully saturated rings. The van der Waals surface area contributed by atoms with Crippen LogP contribution in [-0.2, 0) is 0 Å². The quantitative estimate of drug-likeness (QED) is 0.878. The van der Waals surface area contributed by atoms with Gasteiger partial charge in [-0.15, -0.1) is 0 Å². The third-order valence-electron chi connectivity index (χ3n) is 3.01. The van der Waals surface area contributed by atoms with E-state index in [1.165, 1.54) is 0 Å². The summed E-state index contributed by atoms with van der Waals surface area (Å²) in [6.45, 7) is 5.97. The Morgan fingerprint density at radius 1 is 1.11 bits per heavy atom. The van der Waals surface area contributed by atoms with E-state index in [0.29, 0.717) is 6.42 Å². The summed E-state index contributed by atoms with van der Waals surface area (Å²) in [7, 11) is 0. The van der Waals surface area contributed by atoms with Crippen LogP contribution >= 0.6 is 0 Å². The maximum Gasteiger partial charge on any atom is 0.126 e. The van der Waals surface area contributed by atoms with Gasteiger partial charge >= 0.3 is 0 Å². The van der Waals surface area contributed by atoms with Crippen molar-refractivity contribution >= 4 is 10.8 Å². The molecule has 2 aromatic carbocycles. The van der Waals surface area contributed by atoms with Gasteiger partial charge in [-0.25, -0.2) is 0 Å². The third-order valence-corrected chi connectivity index (χ3v) is 3.01. The molecule has 0 radical (unpaired) electrons. The molecule has 0 heterocycles. The summed E-state index contributed by atoms with van der Waals surface area (Å²) in [6.07, 6.45) is 0.307. The number of aliphatic hydroxyl groups excluding tert-OH is 1. The van der Waals surface area contributed by atoms with Crippen LogP contribution in [0.25, 0.3) is 10.8 Å². The molecule has 96 valence electrons. The number of hydrogen-bond acceptors (Lipinski definition) is 2. The van der Waals surface area contributed by atoms with E-state index < -0.39 is 6.10 Å². The van der Waals surface area contributed by atoms with Crippen LogP contribution in [0.4, 0.5) is 0 Å². The van der Waals surface area contributed by atoms with Gasteiger partial charge in [-0.3, -0.25) is 0 Å². The molecule has 0 saturated carbocycles. The Morgan fingerprint density at radius 2 is 1.83 bits per heavy atom. The second-order valence-electron chi connectivity index (χ2n) is 4.79. The molecule has 2 aromatic rings. The highest BCUT2D eigenvalue weighted by Gasteiger charge is 2.16. The monoisotopic (exact) mass is 244 g/mol. The van der Waals surface area contributed by atoms with E-state index in [1.54, 1.807) is 0 Å². The predicted octanol–water partition coefficient (Wildman–Crippen LogP) is 4.07. The highest BCUT2D eigenvalue weighted by atomic mass is 16.5. The third kappa shape index (κ3) is 2.49. The van der Waals surface area contributed by atoms with Gasteiger partial charge in [0.1, 0.15) is 5.75 Å². The number of fused-ring (bicyclic) bond motifs is 1. The van der Waals surface area contributed by atoms with Gasteiger partial charge in [0.05, 0.1) is 12.2 Å². The van der Waals surface area contributed by atoms with Gasteiger partial charge in [-0.1, -0.05) is 37.3 Å². The van der Waals surface area contributed by atoms with Crippen molar-refractivity contribution in [2.45, 2.75) is 39.4 Å². The first-order valence-corrected chi connectivity index (χ1v) is 6.49. The van der Waals surface area contributed by atoms with Crippen molar-refractivity contribution in [2.24, 2.45) is 0 Å². The lowest BCUT2D eigenvalue weighted by atomic mass is 9.98. The minimum atomic E-state index is -0.482. The van der Waals surface area contributed by atoms with Crippen molar-refractivity contribution in [3.63, 3.8) is 0 Å². The van der Waals surface area contributed by atoms with Crippen molar-refractivity contribution in [1.82, 2.24) is 0 Å². The number of hydrogen-bond donors (Lipinski definition) is 1. The van der Waals surface area contributed by atoms with Gasteiger partial charge in [0.15, 0.2) is 0 Å². The molecular formula is C16H20O2. The van der Waals surface area contributed by atoms with E-state index in [4.69, 9.17) is 4.74 Å². The smallest absolute Gasteiger partial charge is 0.126 e. The van der Waals surface area contributed by atoms with Crippen LogP contribution in [0.1, 0.15) is 38.9 Å². The maximum atomic E-state index is 10.2. The fourth-order valence-electron chi connectivity index (χ4n) is 2.18. The number of aliphatic hydroxyl groups is 1. The van der Waals surface area contributed by atoms with Crippen LogP contribution in [0.5, 0.6) is 5.75 Å². The zero-order chi connectivity index (χ0) is 13.1. The van der Waals surface area contributed by atoms with Crippen LogP contribution in [0.2, 0.25) is 0 Å². The van der Waals surface area contributed by atoms with Crippen LogP contribution in [0.3, 0.4) is 0 Å². The molecule has 2 rings (SSSR count). The first-order chi connectivity index (χ1) is 8.63. The van der Waals surface area contributed by atoms with E-state index in [1.807, 2.05) is 51.1 Å². The summed E-state index contributed by atoms with van der Waals surface area (Å²) in [6, 6.07) is 12.1.